The fourth-order valence-corrected chi connectivity index (χ4v) is 3.54. The average Bonchev–Trinajstić information content (AvgIpc) is 2.68. The zero-order valence-electron chi connectivity index (χ0n) is 7.92. The molecule has 0 N–H and O–H groups in total. The van der Waals surface area contributed by atoms with Gasteiger partial charge in [-0.05, 0) is 25.7 Å². The van der Waals surface area contributed by atoms with E-state index in [9.17, 15) is 4.79 Å². The summed E-state index contributed by atoms with van der Waals surface area (Å²) in [4.78, 5) is 11.9. The van der Waals surface area contributed by atoms with Gasteiger partial charge in [0.15, 0.2) is 0 Å². The van der Waals surface area contributed by atoms with Crippen LogP contribution in [0, 0.1) is 11.3 Å². The Kier molecular flexibility index (Phi) is 1.58. The Labute approximate surface area is 78.6 Å². The van der Waals surface area contributed by atoms with E-state index in [1.807, 2.05) is 0 Å². The van der Waals surface area contributed by atoms with E-state index in [4.69, 9.17) is 4.74 Å². The summed E-state index contributed by atoms with van der Waals surface area (Å²) in [5.74, 6) is 0.821. The topological polar surface area (TPSA) is 26.3 Å². The van der Waals surface area contributed by atoms with Gasteiger partial charge in [0.25, 0.3) is 0 Å². The first-order valence-corrected chi connectivity index (χ1v) is 5.50. The van der Waals surface area contributed by atoms with Crippen molar-refractivity contribution in [1.82, 2.24) is 0 Å². The van der Waals surface area contributed by atoms with Crippen LogP contribution >= 0.6 is 0 Å². The van der Waals surface area contributed by atoms with Crippen molar-refractivity contribution in [2.24, 2.45) is 11.3 Å². The molecule has 3 aliphatic rings. The maximum absolute atomic E-state index is 11.9. The zero-order valence-corrected chi connectivity index (χ0v) is 7.92. The molecule has 1 heterocycles. The molecule has 1 aliphatic heterocycles. The number of hydrogen-bond donors (Lipinski definition) is 0. The molecule has 2 saturated carbocycles. The van der Waals surface area contributed by atoms with Gasteiger partial charge in [-0.1, -0.05) is 12.8 Å². The van der Waals surface area contributed by atoms with Crippen LogP contribution in [0.4, 0.5) is 0 Å². The van der Waals surface area contributed by atoms with E-state index in [2.05, 4.69) is 0 Å². The first kappa shape index (κ1) is 7.98. The SMILES string of the molecule is O=C1[C@@H]2CCCO[C@@H]2C12CCCC2. The Morgan fingerprint density at radius 1 is 1.23 bits per heavy atom. The average molecular weight is 180 g/mol. The van der Waals surface area contributed by atoms with Gasteiger partial charge in [-0.3, -0.25) is 4.79 Å². The molecule has 0 aromatic heterocycles. The summed E-state index contributed by atoms with van der Waals surface area (Å²) >= 11 is 0. The van der Waals surface area contributed by atoms with Gasteiger partial charge >= 0.3 is 0 Å². The van der Waals surface area contributed by atoms with Gasteiger partial charge in [0.2, 0.25) is 0 Å². The number of ether oxygens (including phenoxy) is 1. The summed E-state index contributed by atoms with van der Waals surface area (Å²) in [6.45, 7) is 0.885. The van der Waals surface area contributed by atoms with Crippen molar-refractivity contribution in [3.8, 4) is 0 Å². The van der Waals surface area contributed by atoms with E-state index in [-0.39, 0.29) is 11.3 Å². The largest absolute Gasteiger partial charge is 0.376 e. The van der Waals surface area contributed by atoms with E-state index in [1.54, 1.807) is 0 Å². The molecule has 3 fully saturated rings. The van der Waals surface area contributed by atoms with Gasteiger partial charge in [0.1, 0.15) is 5.78 Å². The molecule has 1 saturated heterocycles. The summed E-state index contributed by atoms with van der Waals surface area (Å²) in [7, 11) is 0. The Morgan fingerprint density at radius 3 is 2.77 bits per heavy atom. The third kappa shape index (κ3) is 0.850. The van der Waals surface area contributed by atoms with Gasteiger partial charge < -0.3 is 4.74 Å². The maximum Gasteiger partial charge on any atom is 0.147 e. The highest BCUT2D eigenvalue weighted by atomic mass is 16.5. The molecule has 0 aromatic carbocycles. The zero-order chi connectivity index (χ0) is 8.89. The van der Waals surface area contributed by atoms with E-state index in [1.165, 1.54) is 12.8 Å². The fraction of sp³-hybridized carbons (Fsp3) is 0.909. The Balaban J connectivity index is 1.86. The Morgan fingerprint density at radius 2 is 2.00 bits per heavy atom. The van der Waals surface area contributed by atoms with Crippen molar-refractivity contribution in [3.05, 3.63) is 0 Å². The molecule has 3 rings (SSSR count). The molecular weight excluding hydrogens is 164 g/mol. The molecule has 0 aromatic rings. The number of rotatable bonds is 0. The maximum atomic E-state index is 11.9. The number of carbonyl (C=O) groups excluding carboxylic acids is 1. The quantitative estimate of drug-likeness (QED) is 0.569. The summed E-state index contributed by atoms with van der Waals surface area (Å²) in [5.41, 5.74) is 0.00505. The summed E-state index contributed by atoms with van der Waals surface area (Å²) in [6, 6.07) is 0. The van der Waals surface area contributed by atoms with E-state index < -0.39 is 0 Å². The monoisotopic (exact) mass is 180 g/mol. The van der Waals surface area contributed by atoms with Crippen molar-refractivity contribution >= 4 is 5.78 Å². The van der Waals surface area contributed by atoms with Crippen molar-refractivity contribution in [1.29, 1.82) is 0 Å². The van der Waals surface area contributed by atoms with Crippen LogP contribution in [0.3, 0.4) is 0 Å². The molecule has 0 amide bonds. The Bertz CT molecular complexity index is 240. The molecule has 2 atom stereocenters. The highest BCUT2D eigenvalue weighted by molar-refractivity contribution is 5.95. The van der Waals surface area contributed by atoms with Crippen molar-refractivity contribution in [3.63, 3.8) is 0 Å². The minimum Gasteiger partial charge on any atom is -0.376 e. The van der Waals surface area contributed by atoms with Crippen LogP contribution in [0.25, 0.3) is 0 Å². The lowest BCUT2D eigenvalue weighted by Crippen LogP contribution is -2.63. The Hall–Kier alpha value is -0.370. The normalized spacial score (nSPS) is 41.7. The molecule has 1 spiro atoms. The summed E-state index contributed by atoms with van der Waals surface area (Å²) in [5, 5.41) is 0. The van der Waals surface area contributed by atoms with E-state index in [0.29, 0.717) is 11.9 Å². The molecule has 2 nitrogen and oxygen atoms in total. The molecule has 2 aliphatic carbocycles. The predicted molar refractivity (Wildman–Crippen MR) is 48.4 cm³/mol. The van der Waals surface area contributed by atoms with Crippen LogP contribution in [-0.2, 0) is 9.53 Å². The molecule has 0 unspecified atom stereocenters. The molecule has 72 valence electrons. The van der Waals surface area contributed by atoms with Crippen molar-refractivity contribution in [2.75, 3.05) is 6.61 Å². The lowest BCUT2D eigenvalue weighted by atomic mass is 9.55. The third-order valence-electron chi connectivity index (χ3n) is 4.19. The lowest BCUT2D eigenvalue weighted by Gasteiger charge is -2.53. The first-order chi connectivity index (χ1) is 6.34. The van der Waals surface area contributed by atoms with Crippen LogP contribution in [0.5, 0.6) is 0 Å². The minimum atomic E-state index is 0.00505. The van der Waals surface area contributed by atoms with Gasteiger partial charge in [-0.25, -0.2) is 0 Å². The second-order valence-corrected chi connectivity index (χ2v) is 4.77. The van der Waals surface area contributed by atoms with Crippen molar-refractivity contribution in [2.45, 2.75) is 44.6 Å². The number of carbonyl (C=O) groups is 1. The van der Waals surface area contributed by atoms with Gasteiger partial charge in [-0.15, -0.1) is 0 Å². The predicted octanol–water partition coefficient (Wildman–Crippen LogP) is 1.92. The van der Waals surface area contributed by atoms with Gasteiger partial charge in [0, 0.05) is 12.5 Å². The third-order valence-corrected chi connectivity index (χ3v) is 4.19. The van der Waals surface area contributed by atoms with Gasteiger partial charge in [-0.2, -0.15) is 0 Å². The highest BCUT2D eigenvalue weighted by Gasteiger charge is 2.63. The van der Waals surface area contributed by atoms with E-state index >= 15 is 0 Å². The smallest absolute Gasteiger partial charge is 0.147 e. The van der Waals surface area contributed by atoms with Crippen LogP contribution < -0.4 is 0 Å². The molecule has 2 heteroatoms. The van der Waals surface area contributed by atoms with Crippen LogP contribution in [-0.4, -0.2) is 18.5 Å². The van der Waals surface area contributed by atoms with Crippen LogP contribution in [0.2, 0.25) is 0 Å². The number of hydrogen-bond acceptors (Lipinski definition) is 2. The lowest BCUT2D eigenvalue weighted by molar-refractivity contribution is -0.190. The standard InChI is InChI=1S/C11H16O2/c12-9-8-4-3-7-13-10(8)11(9)5-1-2-6-11/h8,10H,1-7H2/t8-,10-/m0/s1. The minimum absolute atomic E-state index is 0.00505. The summed E-state index contributed by atoms with van der Waals surface area (Å²) in [6.07, 6.45) is 7.17. The second kappa shape index (κ2) is 2.57. The number of fused-ring (bicyclic) bond motifs is 2. The summed E-state index contributed by atoms with van der Waals surface area (Å²) < 4.78 is 5.76. The van der Waals surface area contributed by atoms with Crippen LogP contribution in [0.1, 0.15) is 38.5 Å². The highest BCUT2D eigenvalue weighted by Crippen LogP contribution is 2.57. The molecule has 13 heavy (non-hydrogen) atoms. The number of Topliss-reactive ketones (excluding diaryl/α,β-unsaturated/α-hetero) is 1. The number of ketones is 1. The molecule has 0 radical (unpaired) electrons. The fourth-order valence-electron chi connectivity index (χ4n) is 3.54. The van der Waals surface area contributed by atoms with Gasteiger partial charge in [0.05, 0.1) is 11.5 Å². The van der Waals surface area contributed by atoms with Crippen molar-refractivity contribution < 1.29 is 9.53 Å². The molecular formula is C11H16O2. The van der Waals surface area contributed by atoms with Crippen LogP contribution in [0.15, 0.2) is 0 Å². The van der Waals surface area contributed by atoms with E-state index in [0.717, 1.165) is 32.3 Å². The molecule has 0 bridgehead atoms. The first-order valence-electron chi connectivity index (χ1n) is 5.50. The second-order valence-electron chi connectivity index (χ2n) is 4.77.